The molecule has 3 aromatic rings. The summed E-state index contributed by atoms with van der Waals surface area (Å²) in [5.74, 6) is 2.12. The summed E-state index contributed by atoms with van der Waals surface area (Å²) >= 11 is 0. The van der Waals surface area contributed by atoms with Crippen molar-refractivity contribution in [3.63, 3.8) is 0 Å². The molecule has 0 radical (unpaired) electrons. The summed E-state index contributed by atoms with van der Waals surface area (Å²) in [5, 5.41) is 16.5. The third-order valence-electron chi connectivity index (χ3n) is 4.60. The van der Waals surface area contributed by atoms with Gasteiger partial charge in [-0.1, -0.05) is 30.3 Å². The van der Waals surface area contributed by atoms with Crippen LogP contribution < -0.4 is 5.32 Å². The lowest BCUT2D eigenvalue weighted by molar-refractivity contribution is 0.375. The molecule has 0 bridgehead atoms. The van der Waals surface area contributed by atoms with E-state index in [4.69, 9.17) is 0 Å². The van der Waals surface area contributed by atoms with E-state index in [-0.39, 0.29) is 0 Å². The van der Waals surface area contributed by atoms with E-state index in [0.717, 1.165) is 44.1 Å². The molecule has 0 amide bonds. The van der Waals surface area contributed by atoms with Gasteiger partial charge in [-0.3, -0.25) is 4.68 Å². The first-order chi connectivity index (χ1) is 11.8. The topological polar surface area (TPSA) is 60.6 Å². The fourth-order valence-electron chi connectivity index (χ4n) is 3.25. The summed E-state index contributed by atoms with van der Waals surface area (Å²) < 4.78 is 4.22. The highest BCUT2D eigenvalue weighted by molar-refractivity contribution is 5.15. The van der Waals surface area contributed by atoms with Gasteiger partial charge in [-0.2, -0.15) is 5.10 Å². The maximum Gasteiger partial charge on any atom is 0.133 e. The van der Waals surface area contributed by atoms with Crippen molar-refractivity contribution in [1.29, 1.82) is 0 Å². The predicted molar refractivity (Wildman–Crippen MR) is 91.5 cm³/mol. The molecule has 0 fully saturated rings. The third kappa shape index (κ3) is 3.23. The number of benzene rings is 1. The SMILES string of the molecule is Cc1nnc2n1CC(NCc1cnn(Cc3ccccc3)c1)CC2. The molecule has 1 unspecified atom stereocenters. The lowest BCUT2D eigenvalue weighted by Crippen LogP contribution is -2.37. The molecular weight excluding hydrogens is 300 g/mol. The molecule has 6 nitrogen and oxygen atoms in total. The number of rotatable bonds is 5. The number of hydrogen-bond donors (Lipinski definition) is 1. The van der Waals surface area contributed by atoms with E-state index in [0.29, 0.717) is 6.04 Å². The molecule has 1 N–H and O–H groups in total. The van der Waals surface area contributed by atoms with E-state index >= 15 is 0 Å². The Labute approximate surface area is 141 Å². The van der Waals surface area contributed by atoms with Crippen LogP contribution in [0.4, 0.5) is 0 Å². The first-order valence-electron chi connectivity index (χ1n) is 8.45. The van der Waals surface area contributed by atoms with Crippen molar-refractivity contribution < 1.29 is 0 Å². The van der Waals surface area contributed by atoms with Crippen LogP contribution in [0.2, 0.25) is 0 Å². The van der Waals surface area contributed by atoms with Crippen molar-refractivity contribution in [2.45, 2.75) is 45.4 Å². The molecule has 124 valence electrons. The van der Waals surface area contributed by atoms with E-state index in [1.165, 1.54) is 11.1 Å². The molecule has 4 rings (SSSR count). The zero-order chi connectivity index (χ0) is 16.4. The predicted octanol–water partition coefficient (Wildman–Crippen LogP) is 1.94. The second kappa shape index (κ2) is 6.57. The standard InChI is InChI=1S/C18H22N6/c1-14-21-22-18-8-7-17(13-24(14)18)19-9-16-10-20-23(12-16)11-15-5-3-2-4-6-15/h2-6,10,12,17,19H,7-9,11,13H2,1H3. The third-order valence-corrected chi connectivity index (χ3v) is 4.60. The van der Waals surface area contributed by atoms with E-state index < -0.39 is 0 Å². The fraction of sp³-hybridized carbons (Fsp3) is 0.389. The van der Waals surface area contributed by atoms with Crippen molar-refractivity contribution in [3.8, 4) is 0 Å². The molecule has 3 heterocycles. The zero-order valence-electron chi connectivity index (χ0n) is 13.9. The second-order valence-corrected chi connectivity index (χ2v) is 6.42. The first kappa shape index (κ1) is 15.1. The van der Waals surface area contributed by atoms with Crippen molar-refractivity contribution >= 4 is 0 Å². The van der Waals surface area contributed by atoms with Crippen LogP contribution in [0.1, 0.15) is 29.2 Å². The van der Waals surface area contributed by atoms with Crippen LogP contribution in [0.15, 0.2) is 42.7 Å². The summed E-state index contributed by atoms with van der Waals surface area (Å²) in [7, 11) is 0. The highest BCUT2D eigenvalue weighted by Gasteiger charge is 2.21. The monoisotopic (exact) mass is 322 g/mol. The maximum absolute atomic E-state index is 4.47. The molecule has 0 saturated carbocycles. The van der Waals surface area contributed by atoms with Gasteiger partial charge in [0.1, 0.15) is 11.6 Å². The van der Waals surface area contributed by atoms with Crippen molar-refractivity contribution in [1.82, 2.24) is 29.9 Å². The Morgan fingerprint density at radius 3 is 2.92 bits per heavy atom. The Hall–Kier alpha value is -2.47. The van der Waals surface area contributed by atoms with E-state index in [9.17, 15) is 0 Å². The minimum Gasteiger partial charge on any atom is -0.314 e. The van der Waals surface area contributed by atoms with Gasteiger partial charge in [-0.05, 0) is 18.9 Å². The van der Waals surface area contributed by atoms with Crippen molar-refractivity contribution in [2.75, 3.05) is 0 Å². The van der Waals surface area contributed by atoms with Gasteiger partial charge in [-0.25, -0.2) is 0 Å². The van der Waals surface area contributed by atoms with Crippen molar-refractivity contribution in [3.05, 3.63) is 65.5 Å². The van der Waals surface area contributed by atoms with Gasteiger partial charge in [-0.15, -0.1) is 10.2 Å². The van der Waals surface area contributed by atoms with Gasteiger partial charge in [0.2, 0.25) is 0 Å². The number of aromatic nitrogens is 5. The van der Waals surface area contributed by atoms with Crippen LogP contribution in [0.5, 0.6) is 0 Å². The summed E-state index contributed by atoms with van der Waals surface area (Å²) in [6.45, 7) is 4.63. The van der Waals surface area contributed by atoms with Crippen molar-refractivity contribution in [2.24, 2.45) is 0 Å². The summed E-state index contributed by atoms with van der Waals surface area (Å²) in [6.07, 6.45) is 6.18. The number of aryl methyl sites for hydroxylation is 2. The number of nitrogens with one attached hydrogen (secondary N) is 1. The molecule has 0 aliphatic carbocycles. The van der Waals surface area contributed by atoms with E-state index in [1.807, 2.05) is 23.9 Å². The van der Waals surface area contributed by atoms with Gasteiger partial charge in [0, 0.05) is 37.3 Å². The lowest BCUT2D eigenvalue weighted by Gasteiger charge is -2.24. The van der Waals surface area contributed by atoms with Crippen LogP contribution in [0.3, 0.4) is 0 Å². The minimum absolute atomic E-state index is 0.463. The molecule has 0 saturated heterocycles. The largest absolute Gasteiger partial charge is 0.314 e. The molecule has 0 spiro atoms. The quantitative estimate of drug-likeness (QED) is 0.780. The molecular formula is C18H22N6. The molecule has 1 aromatic carbocycles. The van der Waals surface area contributed by atoms with Gasteiger partial charge < -0.3 is 9.88 Å². The summed E-state index contributed by atoms with van der Waals surface area (Å²) in [5.41, 5.74) is 2.49. The van der Waals surface area contributed by atoms with Crippen LogP contribution >= 0.6 is 0 Å². The maximum atomic E-state index is 4.47. The summed E-state index contributed by atoms with van der Waals surface area (Å²) in [4.78, 5) is 0. The lowest BCUT2D eigenvalue weighted by atomic mass is 10.1. The fourth-order valence-corrected chi connectivity index (χ4v) is 3.25. The minimum atomic E-state index is 0.463. The van der Waals surface area contributed by atoms with Crippen LogP contribution in [-0.4, -0.2) is 30.6 Å². The average Bonchev–Trinajstić information content (AvgIpc) is 3.21. The normalized spacial score (nSPS) is 17.0. The van der Waals surface area contributed by atoms with E-state index in [1.54, 1.807) is 0 Å². The number of fused-ring (bicyclic) bond motifs is 1. The van der Waals surface area contributed by atoms with Crippen LogP contribution in [0.25, 0.3) is 0 Å². The molecule has 1 atom stereocenters. The molecule has 1 aliphatic rings. The Kier molecular flexibility index (Phi) is 4.13. The first-order valence-corrected chi connectivity index (χ1v) is 8.45. The Bertz CT molecular complexity index is 804. The number of nitrogens with zero attached hydrogens (tertiary/aromatic N) is 5. The summed E-state index contributed by atoms with van der Waals surface area (Å²) in [6, 6.07) is 10.9. The van der Waals surface area contributed by atoms with Crippen LogP contribution in [-0.2, 0) is 26.1 Å². The molecule has 24 heavy (non-hydrogen) atoms. The van der Waals surface area contributed by atoms with E-state index in [2.05, 4.69) is 55.6 Å². The molecule has 2 aromatic heterocycles. The highest BCUT2D eigenvalue weighted by atomic mass is 15.3. The Morgan fingerprint density at radius 2 is 2.04 bits per heavy atom. The molecule has 1 aliphatic heterocycles. The smallest absolute Gasteiger partial charge is 0.133 e. The zero-order valence-corrected chi connectivity index (χ0v) is 13.9. The van der Waals surface area contributed by atoms with Gasteiger partial charge >= 0.3 is 0 Å². The van der Waals surface area contributed by atoms with Gasteiger partial charge in [0.15, 0.2) is 0 Å². The Balaban J connectivity index is 1.33. The Morgan fingerprint density at radius 1 is 1.17 bits per heavy atom. The second-order valence-electron chi connectivity index (χ2n) is 6.42. The number of hydrogen-bond acceptors (Lipinski definition) is 4. The average molecular weight is 322 g/mol. The van der Waals surface area contributed by atoms with Crippen LogP contribution in [0, 0.1) is 6.92 Å². The highest BCUT2D eigenvalue weighted by Crippen LogP contribution is 2.15. The molecule has 6 heteroatoms. The van der Waals surface area contributed by atoms with Gasteiger partial charge in [0.05, 0.1) is 12.7 Å². The van der Waals surface area contributed by atoms with Gasteiger partial charge in [0.25, 0.3) is 0 Å².